The summed E-state index contributed by atoms with van der Waals surface area (Å²) in [7, 11) is 1.30. The molecule has 3 rings (SSSR count). The van der Waals surface area contributed by atoms with Crippen molar-refractivity contribution >= 4 is 34.3 Å². The molecule has 3 aromatic rings. The minimum absolute atomic E-state index is 0.0786. The number of hydrogen-bond donors (Lipinski definition) is 3. The van der Waals surface area contributed by atoms with E-state index in [0.717, 1.165) is 16.8 Å². The first-order valence-corrected chi connectivity index (χ1v) is 10.1. The number of aromatic amines is 1. The van der Waals surface area contributed by atoms with Gasteiger partial charge in [0, 0.05) is 30.1 Å². The maximum Gasteiger partial charge on any atom is 0.339 e. The van der Waals surface area contributed by atoms with Gasteiger partial charge in [-0.15, -0.1) is 11.3 Å². The van der Waals surface area contributed by atoms with Crippen molar-refractivity contribution in [3.8, 4) is 11.3 Å². The highest BCUT2D eigenvalue weighted by atomic mass is 32.1. The summed E-state index contributed by atoms with van der Waals surface area (Å²) in [5.74, 6) is -0.943. The van der Waals surface area contributed by atoms with Crippen LogP contribution in [0.3, 0.4) is 0 Å². The van der Waals surface area contributed by atoms with E-state index in [1.807, 2.05) is 29.6 Å². The Morgan fingerprint density at radius 1 is 1.17 bits per heavy atom. The Balaban J connectivity index is 1.72. The monoisotopic (exact) mass is 426 g/mol. The van der Waals surface area contributed by atoms with Gasteiger partial charge in [0.25, 0.3) is 5.91 Å². The summed E-state index contributed by atoms with van der Waals surface area (Å²) in [4.78, 5) is 43.0. The van der Waals surface area contributed by atoms with Gasteiger partial charge in [0.15, 0.2) is 5.13 Å². The third kappa shape index (κ3) is 4.57. The number of ether oxygens (including phenoxy) is 1. The largest absolute Gasteiger partial charge is 0.465 e. The van der Waals surface area contributed by atoms with Gasteiger partial charge in [0.1, 0.15) is 5.69 Å². The van der Waals surface area contributed by atoms with Gasteiger partial charge >= 0.3 is 5.97 Å². The molecule has 0 aliphatic rings. The summed E-state index contributed by atoms with van der Waals surface area (Å²) in [6.45, 7) is 5.36. The van der Waals surface area contributed by atoms with Gasteiger partial charge in [0.05, 0.1) is 18.4 Å². The van der Waals surface area contributed by atoms with Crippen molar-refractivity contribution in [2.45, 2.75) is 27.3 Å². The number of benzene rings is 1. The van der Waals surface area contributed by atoms with Crippen molar-refractivity contribution in [1.82, 2.24) is 15.3 Å². The molecule has 3 N–H and O–H groups in total. The van der Waals surface area contributed by atoms with Crippen LogP contribution < -0.4 is 10.6 Å². The Morgan fingerprint density at radius 2 is 1.87 bits per heavy atom. The molecule has 1 aromatic carbocycles. The number of anilines is 1. The molecular formula is C21H22N4O4S. The SMILES string of the molecule is COC(=O)c1c(C)[nH]c(C(=O)Nc2nc(-c3ccc(CNC(C)=O)cc3)cs2)c1C. The van der Waals surface area contributed by atoms with Crippen LogP contribution in [0, 0.1) is 13.8 Å². The van der Waals surface area contributed by atoms with Gasteiger partial charge in [-0.1, -0.05) is 24.3 Å². The summed E-state index contributed by atoms with van der Waals surface area (Å²) in [5.41, 5.74) is 4.38. The molecule has 0 aliphatic carbocycles. The lowest BCUT2D eigenvalue weighted by Crippen LogP contribution is -2.18. The zero-order valence-electron chi connectivity index (χ0n) is 17.1. The molecule has 0 atom stereocenters. The summed E-state index contributed by atoms with van der Waals surface area (Å²) >= 11 is 1.31. The Morgan fingerprint density at radius 3 is 2.50 bits per heavy atom. The number of rotatable bonds is 6. The van der Waals surface area contributed by atoms with Gasteiger partial charge in [0.2, 0.25) is 5.91 Å². The lowest BCUT2D eigenvalue weighted by atomic mass is 10.1. The van der Waals surface area contributed by atoms with Crippen molar-refractivity contribution in [3.63, 3.8) is 0 Å². The average molecular weight is 426 g/mol. The van der Waals surface area contributed by atoms with Crippen LogP contribution in [0.5, 0.6) is 0 Å². The minimum Gasteiger partial charge on any atom is -0.465 e. The zero-order chi connectivity index (χ0) is 21.8. The summed E-state index contributed by atoms with van der Waals surface area (Å²) in [6.07, 6.45) is 0. The van der Waals surface area contributed by atoms with Crippen molar-refractivity contribution in [3.05, 3.63) is 57.7 Å². The average Bonchev–Trinajstić information content (AvgIpc) is 3.30. The van der Waals surface area contributed by atoms with Crippen LogP contribution >= 0.6 is 11.3 Å². The van der Waals surface area contributed by atoms with Crippen LogP contribution in [0.2, 0.25) is 0 Å². The maximum absolute atomic E-state index is 12.7. The van der Waals surface area contributed by atoms with E-state index in [9.17, 15) is 14.4 Å². The van der Waals surface area contributed by atoms with Crippen molar-refractivity contribution in [2.75, 3.05) is 12.4 Å². The molecule has 0 fully saturated rings. The van der Waals surface area contributed by atoms with E-state index < -0.39 is 5.97 Å². The smallest absolute Gasteiger partial charge is 0.339 e. The number of aromatic nitrogens is 2. The molecular weight excluding hydrogens is 404 g/mol. The highest BCUT2D eigenvalue weighted by Crippen LogP contribution is 2.26. The lowest BCUT2D eigenvalue weighted by Gasteiger charge is -2.04. The van der Waals surface area contributed by atoms with E-state index >= 15 is 0 Å². The maximum atomic E-state index is 12.7. The number of methoxy groups -OCH3 is 1. The molecule has 0 unspecified atom stereocenters. The fourth-order valence-corrected chi connectivity index (χ4v) is 3.74. The number of nitrogens with zero attached hydrogens (tertiary/aromatic N) is 1. The van der Waals surface area contributed by atoms with Gasteiger partial charge < -0.3 is 15.0 Å². The Hall–Kier alpha value is -3.46. The minimum atomic E-state index is -0.487. The summed E-state index contributed by atoms with van der Waals surface area (Å²) in [5, 5.41) is 7.82. The zero-order valence-corrected chi connectivity index (χ0v) is 17.9. The molecule has 2 heterocycles. The van der Waals surface area contributed by atoms with Crippen LogP contribution in [0.4, 0.5) is 5.13 Å². The lowest BCUT2D eigenvalue weighted by molar-refractivity contribution is -0.119. The molecule has 0 spiro atoms. The number of amides is 2. The number of esters is 1. The molecule has 0 aliphatic heterocycles. The van der Waals surface area contributed by atoms with Crippen LogP contribution in [-0.4, -0.2) is 34.9 Å². The Bertz CT molecular complexity index is 1100. The topological polar surface area (TPSA) is 113 Å². The molecule has 2 aromatic heterocycles. The normalized spacial score (nSPS) is 10.5. The number of nitrogens with one attached hydrogen (secondary N) is 3. The first-order valence-electron chi connectivity index (χ1n) is 9.18. The van der Waals surface area contributed by atoms with Gasteiger partial charge in [-0.25, -0.2) is 9.78 Å². The quantitative estimate of drug-likeness (QED) is 0.523. The van der Waals surface area contributed by atoms with E-state index in [4.69, 9.17) is 4.74 Å². The molecule has 30 heavy (non-hydrogen) atoms. The van der Waals surface area contributed by atoms with Crippen LogP contribution in [0.15, 0.2) is 29.6 Å². The second-order valence-corrected chi connectivity index (χ2v) is 7.57. The predicted molar refractivity (Wildman–Crippen MR) is 115 cm³/mol. The molecule has 0 bridgehead atoms. The molecule has 0 saturated carbocycles. The van der Waals surface area contributed by atoms with E-state index in [0.29, 0.717) is 34.2 Å². The highest BCUT2D eigenvalue weighted by molar-refractivity contribution is 7.14. The van der Waals surface area contributed by atoms with E-state index in [1.165, 1.54) is 25.4 Å². The molecule has 0 radical (unpaired) electrons. The highest BCUT2D eigenvalue weighted by Gasteiger charge is 2.23. The van der Waals surface area contributed by atoms with Crippen molar-refractivity contribution in [1.29, 1.82) is 0 Å². The molecule has 156 valence electrons. The number of H-pyrrole nitrogens is 1. The third-order valence-electron chi connectivity index (χ3n) is 4.57. The third-order valence-corrected chi connectivity index (χ3v) is 5.33. The predicted octanol–water partition coefficient (Wildman–Crippen LogP) is 3.43. The molecule has 8 nitrogen and oxygen atoms in total. The van der Waals surface area contributed by atoms with Gasteiger partial charge in [-0.3, -0.25) is 14.9 Å². The Labute approximate surface area is 177 Å². The number of carbonyl (C=O) groups is 3. The van der Waals surface area contributed by atoms with Crippen LogP contribution in [-0.2, 0) is 16.1 Å². The second-order valence-electron chi connectivity index (χ2n) is 6.72. The van der Waals surface area contributed by atoms with Crippen molar-refractivity contribution in [2.24, 2.45) is 0 Å². The van der Waals surface area contributed by atoms with E-state index in [1.54, 1.807) is 13.8 Å². The fraction of sp³-hybridized carbons (Fsp3) is 0.238. The van der Waals surface area contributed by atoms with Crippen LogP contribution in [0.1, 0.15) is 44.6 Å². The summed E-state index contributed by atoms with van der Waals surface area (Å²) < 4.78 is 4.78. The summed E-state index contributed by atoms with van der Waals surface area (Å²) in [6, 6.07) is 7.67. The number of carbonyl (C=O) groups excluding carboxylic acids is 3. The van der Waals surface area contributed by atoms with Crippen LogP contribution in [0.25, 0.3) is 11.3 Å². The first kappa shape index (κ1) is 21.3. The first-order chi connectivity index (χ1) is 14.3. The van der Waals surface area contributed by atoms with Gasteiger partial charge in [-0.05, 0) is 25.0 Å². The van der Waals surface area contributed by atoms with E-state index in [2.05, 4.69) is 20.6 Å². The molecule has 0 saturated heterocycles. The number of aryl methyl sites for hydroxylation is 1. The molecule has 9 heteroatoms. The number of hydrogen-bond acceptors (Lipinski definition) is 6. The van der Waals surface area contributed by atoms with Crippen molar-refractivity contribution < 1.29 is 19.1 Å². The molecule has 2 amide bonds. The van der Waals surface area contributed by atoms with E-state index in [-0.39, 0.29) is 11.8 Å². The van der Waals surface area contributed by atoms with Gasteiger partial charge in [-0.2, -0.15) is 0 Å². The second kappa shape index (κ2) is 8.91. The Kier molecular flexibility index (Phi) is 6.31. The number of thiazole rings is 1. The fourth-order valence-electron chi connectivity index (χ4n) is 3.03. The standard InChI is InChI=1S/C21H22N4O4S/c1-11-17(20(28)29-4)12(2)23-18(11)19(27)25-21-24-16(10-30-21)15-7-5-14(6-8-15)9-22-13(3)26/h5-8,10,23H,9H2,1-4H3,(H,22,26)(H,24,25,27).